The first-order valence-corrected chi connectivity index (χ1v) is 7.57. The van der Waals surface area contributed by atoms with Gasteiger partial charge in [-0.2, -0.15) is 11.8 Å². The minimum atomic E-state index is -1.02. The zero-order valence-corrected chi connectivity index (χ0v) is 12.0. The van der Waals surface area contributed by atoms with E-state index in [2.05, 4.69) is 5.32 Å². The Balaban J connectivity index is 2.11. The number of rotatable bonds is 4. The number of carboxylic acids is 1. The van der Waals surface area contributed by atoms with E-state index in [-0.39, 0.29) is 17.4 Å². The predicted molar refractivity (Wildman–Crippen MR) is 78.6 cm³/mol. The molecule has 1 aliphatic rings. The number of carbonyl (C=O) groups excluding carboxylic acids is 1. The van der Waals surface area contributed by atoms with Crippen LogP contribution in [0.1, 0.15) is 23.2 Å². The van der Waals surface area contributed by atoms with Gasteiger partial charge in [0.25, 0.3) is 0 Å². The summed E-state index contributed by atoms with van der Waals surface area (Å²) in [6.07, 6.45) is 1.76. The number of amides is 1. The summed E-state index contributed by atoms with van der Waals surface area (Å²) in [5, 5.41) is 11.8. The Kier molecular flexibility index (Phi) is 4.89. The van der Waals surface area contributed by atoms with Crippen LogP contribution in [-0.4, -0.2) is 35.6 Å². The van der Waals surface area contributed by atoms with Crippen LogP contribution in [0.15, 0.2) is 18.2 Å². The number of ether oxygens (including phenoxy) is 1. The maximum absolute atomic E-state index is 12.2. The van der Waals surface area contributed by atoms with Crippen molar-refractivity contribution in [3.63, 3.8) is 0 Å². The lowest BCUT2D eigenvalue weighted by Crippen LogP contribution is -2.26. The standard InChI is InChI=1S/C14H17NO4S/c1-19-12-8-10(14(17)18)2-3-11(12)15-13(16)9-4-6-20-7-5-9/h2-3,8-9H,4-7H2,1H3,(H,15,16)(H,17,18). The van der Waals surface area contributed by atoms with Crippen LogP contribution in [-0.2, 0) is 4.79 Å². The molecule has 1 aromatic rings. The zero-order valence-electron chi connectivity index (χ0n) is 11.2. The topological polar surface area (TPSA) is 75.6 Å². The van der Waals surface area contributed by atoms with Crippen molar-refractivity contribution < 1.29 is 19.4 Å². The number of nitrogens with one attached hydrogen (secondary N) is 1. The van der Waals surface area contributed by atoms with E-state index in [9.17, 15) is 9.59 Å². The van der Waals surface area contributed by atoms with Gasteiger partial charge in [0.2, 0.25) is 5.91 Å². The van der Waals surface area contributed by atoms with Crippen molar-refractivity contribution >= 4 is 29.3 Å². The molecular weight excluding hydrogens is 278 g/mol. The molecule has 2 N–H and O–H groups in total. The fourth-order valence-corrected chi connectivity index (χ4v) is 3.23. The van der Waals surface area contributed by atoms with Crippen LogP contribution in [0.5, 0.6) is 5.75 Å². The van der Waals surface area contributed by atoms with Crippen molar-refractivity contribution in [3.8, 4) is 5.75 Å². The van der Waals surface area contributed by atoms with Gasteiger partial charge in [0.05, 0.1) is 18.4 Å². The van der Waals surface area contributed by atoms with E-state index in [0.29, 0.717) is 11.4 Å². The molecular formula is C14H17NO4S. The summed E-state index contributed by atoms with van der Waals surface area (Å²) >= 11 is 1.87. The SMILES string of the molecule is COc1cc(C(=O)O)ccc1NC(=O)C1CCSCC1. The molecule has 6 heteroatoms. The van der Waals surface area contributed by atoms with Gasteiger partial charge >= 0.3 is 5.97 Å². The summed E-state index contributed by atoms with van der Waals surface area (Å²) < 4.78 is 5.14. The van der Waals surface area contributed by atoms with Gasteiger partial charge in [0, 0.05) is 5.92 Å². The molecule has 1 saturated heterocycles. The van der Waals surface area contributed by atoms with Gasteiger partial charge in [-0.25, -0.2) is 4.79 Å². The molecule has 0 aromatic heterocycles. The molecule has 1 heterocycles. The van der Waals surface area contributed by atoms with Gasteiger partial charge in [0.15, 0.2) is 0 Å². The highest BCUT2D eigenvalue weighted by Crippen LogP contribution is 2.28. The lowest BCUT2D eigenvalue weighted by atomic mass is 10.0. The number of carbonyl (C=O) groups is 2. The lowest BCUT2D eigenvalue weighted by Gasteiger charge is -2.21. The van der Waals surface area contributed by atoms with Gasteiger partial charge in [-0.3, -0.25) is 4.79 Å². The van der Waals surface area contributed by atoms with Crippen molar-refractivity contribution in [3.05, 3.63) is 23.8 Å². The van der Waals surface area contributed by atoms with Gasteiger partial charge in [0.1, 0.15) is 5.75 Å². The van der Waals surface area contributed by atoms with E-state index in [1.165, 1.54) is 19.2 Å². The number of anilines is 1. The fourth-order valence-electron chi connectivity index (χ4n) is 2.12. The molecule has 0 spiro atoms. The molecule has 0 atom stereocenters. The number of hydrogen-bond acceptors (Lipinski definition) is 4. The van der Waals surface area contributed by atoms with Crippen LogP contribution >= 0.6 is 11.8 Å². The van der Waals surface area contributed by atoms with Gasteiger partial charge in [-0.05, 0) is 42.5 Å². The summed E-state index contributed by atoms with van der Waals surface area (Å²) in [5.74, 6) is 1.36. The van der Waals surface area contributed by atoms with E-state index in [4.69, 9.17) is 9.84 Å². The highest BCUT2D eigenvalue weighted by atomic mass is 32.2. The second-order valence-corrected chi connectivity index (χ2v) is 5.82. The molecule has 2 rings (SSSR count). The summed E-state index contributed by atoms with van der Waals surface area (Å²) in [6.45, 7) is 0. The Morgan fingerprint density at radius 2 is 2.05 bits per heavy atom. The van der Waals surface area contributed by atoms with E-state index in [1.807, 2.05) is 11.8 Å². The second kappa shape index (κ2) is 6.65. The number of hydrogen-bond donors (Lipinski definition) is 2. The van der Waals surface area contributed by atoms with Crippen molar-refractivity contribution in [2.45, 2.75) is 12.8 Å². The maximum Gasteiger partial charge on any atom is 0.335 e. The Bertz CT molecular complexity index is 512. The van der Waals surface area contributed by atoms with E-state index in [0.717, 1.165) is 24.3 Å². The normalized spacial score (nSPS) is 15.7. The summed E-state index contributed by atoms with van der Waals surface area (Å²) in [5.41, 5.74) is 0.648. The first kappa shape index (κ1) is 14.7. The third-order valence-corrected chi connectivity index (χ3v) is 4.35. The van der Waals surface area contributed by atoms with Gasteiger partial charge in [-0.15, -0.1) is 0 Å². The van der Waals surface area contributed by atoms with Crippen molar-refractivity contribution in [2.75, 3.05) is 23.9 Å². The smallest absolute Gasteiger partial charge is 0.335 e. The largest absolute Gasteiger partial charge is 0.495 e. The third kappa shape index (κ3) is 3.45. The minimum Gasteiger partial charge on any atom is -0.495 e. The summed E-state index contributed by atoms with van der Waals surface area (Å²) in [6, 6.07) is 4.43. The molecule has 5 nitrogen and oxygen atoms in total. The van der Waals surface area contributed by atoms with Gasteiger partial charge in [-0.1, -0.05) is 0 Å². The Labute approximate surface area is 121 Å². The molecule has 0 bridgehead atoms. The predicted octanol–water partition coefficient (Wildman–Crippen LogP) is 2.48. The van der Waals surface area contributed by atoms with Crippen molar-refractivity contribution in [1.82, 2.24) is 0 Å². The molecule has 0 aliphatic carbocycles. The van der Waals surface area contributed by atoms with Crippen LogP contribution in [0.3, 0.4) is 0 Å². The van der Waals surface area contributed by atoms with Gasteiger partial charge < -0.3 is 15.2 Å². The molecule has 20 heavy (non-hydrogen) atoms. The van der Waals surface area contributed by atoms with E-state index >= 15 is 0 Å². The van der Waals surface area contributed by atoms with E-state index < -0.39 is 5.97 Å². The van der Waals surface area contributed by atoms with Crippen LogP contribution in [0.4, 0.5) is 5.69 Å². The molecule has 1 amide bonds. The van der Waals surface area contributed by atoms with Crippen LogP contribution in [0, 0.1) is 5.92 Å². The Hall–Kier alpha value is -1.69. The quantitative estimate of drug-likeness (QED) is 0.892. The number of thioether (sulfide) groups is 1. The number of benzene rings is 1. The molecule has 108 valence electrons. The Morgan fingerprint density at radius 3 is 2.65 bits per heavy atom. The number of methoxy groups -OCH3 is 1. The first-order valence-electron chi connectivity index (χ1n) is 6.41. The zero-order chi connectivity index (χ0) is 14.5. The molecule has 1 aliphatic heterocycles. The Morgan fingerprint density at radius 1 is 1.35 bits per heavy atom. The maximum atomic E-state index is 12.2. The highest BCUT2D eigenvalue weighted by Gasteiger charge is 2.22. The monoisotopic (exact) mass is 295 g/mol. The summed E-state index contributed by atoms with van der Waals surface area (Å²) in [7, 11) is 1.45. The van der Waals surface area contributed by atoms with Crippen LogP contribution in [0.25, 0.3) is 0 Å². The average Bonchev–Trinajstić information content (AvgIpc) is 2.48. The number of carboxylic acid groups (broad SMARTS) is 1. The molecule has 0 unspecified atom stereocenters. The first-order chi connectivity index (χ1) is 9.61. The van der Waals surface area contributed by atoms with Crippen LogP contribution < -0.4 is 10.1 Å². The fraction of sp³-hybridized carbons (Fsp3) is 0.429. The third-order valence-electron chi connectivity index (χ3n) is 3.30. The average molecular weight is 295 g/mol. The summed E-state index contributed by atoms with van der Waals surface area (Å²) in [4.78, 5) is 23.1. The second-order valence-electron chi connectivity index (χ2n) is 4.60. The lowest BCUT2D eigenvalue weighted by molar-refractivity contribution is -0.120. The van der Waals surface area contributed by atoms with Crippen LogP contribution in [0.2, 0.25) is 0 Å². The molecule has 1 aromatic carbocycles. The highest BCUT2D eigenvalue weighted by molar-refractivity contribution is 7.99. The number of aromatic carboxylic acids is 1. The molecule has 0 radical (unpaired) electrons. The van der Waals surface area contributed by atoms with E-state index in [1.54, 1.807) is 6.07 Å². The molecule has 1 fully saturated rings. The minimum absolute atomic E-state index is 0.0216. The van der Waals surface area contributed by atoms with Crippen molar-refractivity contribution in [2.24, 2.45) is 5.92 Å². The molecule has 0 saturated carbocycles. The van der Waals surface area contributed by atoms with Crippen molar-refractivity contribution in [1.29, 1.82) is 0 Å².